The van der Waals surface area contributed by atoms with E-state index in [1.807, 2.05) is 0 Å². The van der Waals surface area contributed by atoms with Crippen molar-refractivity contribution in [3.05, 3.63) is 182 Å². The van der Waals surface area contributed by atoms with Gasteiger partial charge in [0.25, 0.3) is 0 Å². The predicted octanol–water partition coefficient (Wildman–Crippen LogP) is 12.7. The molecule has 0 N–H and O–H groups in total. The first-order valence-electron chi connectivity index (χ1n) is 16.5. The monoisotopic (exact) mass is 610 g/mol. The topological polar surface area (TPSA) is 8.17 Å². The molecule has 9 aromatic rings. The average Bonchev–Trinajstić information content (AvgIpc) is 3.44. The van der Waals surface area contributed by atoms with E-state index in [4.69, 9.17) is 0 Å². The first-order chi connectivity index (χ1) is 23.8. The van der Waals surface area contributed by atoms with Crippen LogP contribution in [0.15, 0.2) is 182 Å². The number of benzene rings is 8. The van der Waals surface area contributed by atoms with Crippen molar-refractivity contribution in [1.82, 2.24) is 4.57 Å². The summed E-state index contributed by atoms with van der Waals surface area (Å²) in [4.78, 5) is 2.41. The van der Waals surface area contributed by atoms with Gasteiger partial charge < -0.3 is 9.47 Å². The second kappa shape index (κ2) is 10.6. The number of rotatable bonds is 3. The van der Waals surface area contributed by atoms with E-state index in [1.54, 1.807) is 0 Å². The van der Waals surface area contributed by atoms with Crippen LogP contribution in [0, 0.1) is 0 Å². The van der Waals surface area contributed by atoms with E-state index in [9.17, 15) is 0 Å². The van der Waals surface area contributed by atoms with Crippen LogP contribution in [0.25, 0.3) is 71.6 Å². The molecular weight excluding hydrogens is 581 g/mol. The van der Waals surface area contributed by atoms with E-state index in [0.717, 1.165) is 11.4 Å². The van der Waals surface area contributed by atoms with Crippen LogP contribution in [0.4, 0.5) is 17.1 Å². The Morgan fingerprint density at radius 2 is 0.958 bits per heavy atom. The van der Waals surface area contributed by atoms with Gasteiger partial charge in [0.15, 0.2) is 0 Å². The maximum atomic E-state index is 2.41. The zero-order valence-electron chi connectivity index (χ0n) is 26.2. The summed E-state index contributed by atoms with van der Waals surface area (Å²) in [5, 5.41) is 5.14. The van der Waals surface area contributed by atoms with E-state index in [-0.39, 0.29) is 0 Å². The Morgan fingerprint density at radius 1 is 0.333 bits per heavy atom. The fourth-order valence-electron chi connectivity index (χ4n) is 7.78. The van der Waals surface area contributed by atoms with Crippen molar-refractivity contribution in [3.8, 4) is 39.1 Å². The molecule has 2 heteroatoms. The van der Waals surface area contributed by atoms with Gasteiger partial charge in [0.05, 0.1) is 22.4 Å². The molecule has 0 amide bonds. The summed E-state index contributed by atoms with van der Waals surface area (Å²) in [5.41, 5.74) is 14.5. The molecule has 0 saturated carbocycles. The van der Waals surface area contributed by atoms with E-state index < -0.39 is 0 Å². The zero-order valence-corrected chi connectivity index (χ0v) is 26.2. The maximum absolute atomic E-state index is 2.41. The van der Waals surface area contributed by atoms with Crippen molar-refractivity contribution in [3.63, 3.8) is 0 Å². The lowest BCUT2D eigenvalue weighted by molar-refractivity contribution is 1.18. The van der Waals surface area contributed by atoms with Gasteiger partial charge >= 0.3 is 0 Å². The Morgan fingerprint density at radius 3 is 1.79 bits per heavy atom. The first kappa shape index (κ1) is 26.8. The molecule has 0 fully saturated rings. The van der Waals surface area contributed by atoms with Crippen molar-refractivity contribution in [2.45, 2.75) is 0 Å². The van der Waals surface area contributed by atoms with Gasteiger partial charge in [0, 0.05) is 33.3 Å². The first-order valence-corrected chi connectivity index (χ1v) is 16.5. The smallest absolute Gasteiger partial charge is 0.0547 e. The van der Waals surface area contributed by atoms with Crippen molar-refractivity contribution in [2.24, 2.45) is 0 Å². The highest BCUT2D eigenvalue weighted by molar-refractivity contribution is 6.21. The lowest BCUT2D eigenvalue weighted by Gasteiger charge is -2.27. The third-order valence-electron chi connectivity index (χ3n) is 9.93. The fraction of sp³-hybridized carbons (Fsp3) is 0. The summed E-state index contributed by atoms with van der Waals surface area (Å²) >= 11 is 0. The number of hydrogen-bond acceptors (Lipinski definition) is 1. The third-order valence-corrected chi connectivity index (χ3v) is 9.93. The van der Waals surface area contributed by atoms with E-state index in [0.29, 0.717) is 0 Å². The molecule has 10 rings (SSSR count). The van der Waals surface area contributed by atoms with Gasteiger partial charge in [0.1, 0.15) is 0 Å². The highest BCUT2D eigenvalue weighted by Gasteiger charge is 2.26. The minimum atomic E-state index is 1.15. The van der Waals surface area contributed by atoms with Crippen LogP contribution in [0.5, 0.6) is 0 Å². The van der Waals surface area contributed by atoms with E-state index in [2.05, 4.69) is 191 Å². The molecule has 0 aliphatic carbocycles. The standard InChI is InChI=1S/C46H30N2/c1-2-13-34(14-3-1)47-42-20-10-8-18-39(42)37-16-6-7-17-38(37)41-30-33(25-28-44(41)47)31-22-26-35(27-23-31)48-43-21-11-9-19-40(43)46-36-15-5-4-12-32(36)24-29-45(46)48/h1-30H. The molecule has 224 valence electrons. The Balaban J connectivity index is 1.14. The molecular formula is C46H30N2. The van der Waals surface area contributed by atoms with Crippen LogP contribution in [0.1, 0.15) is 0 Å². The highest BCUT2D eigenvalue weighted by atomic mass is 15.1. The van der Waals surface area contributed by atoms with Crippen molar-refractivity contribution in [1.29, 1.82) is 0 Å². The lowest BCUT2D eigenvalue weighted by atomic mass is 9.92. The summed E-state index contributed by atoms with van der Waals surface area (Å²) in [6.07, 6.45) is 0. The molecule has 8 aromatic carbocycles. The third kappa shape index (κ3) is 4.00. The second-order valence-electron chi connectivity index (χ2n) is 12.5. The Bertz CT molecular complexity index is 2660. The van der Waals surface area contributed by atoms with Crippen LogP contribution in [-0.4, -0.2) is 4.57 Å². The molecule has 0 spiro atoms. The lowest BCUT2D eigenvalue weighted by Crippen LogP contribution is -2.10. The summed E-state index contributed by atoms with van der Waals surface area (Å²) in [5.74, 6) is 0. The molecule has 1 aliphatic heterocycles. The van der Waals surface area contributed by atoms with Crippen LogP contribution in [0.3, 0.4) is 0 Å². The minimum absolute atomic E-state index is 1.15. The van der Waals surface area contributed by atoms with Crippen LogP contribution >= 0.6 is 0 Å². The molecule has 0 radical (unpaired) electrons. The van der Waals surface area contributed by atoms with E-state index >= 15 is 0 Å². The van der Waals surface area contributed by atoms with Crippen LogP contribution < -0.4 is 4.90 Å². The van der Waals surface area contributed by atoms with Gasteiger partial charge in [-0.15, -0.1) is 0 Å². The second-order valence-corrected chi connectivity index (χ2v) is 12.5. The van der Waals surface area contributed by atoms with Gasteiger partial charge in [0.2, 0.25) is 0 Å². The van der Waals surface area contributed by atoms with E-state index in [1.165, 1.54) is 77.3 Å². The van der Waals surface area contributed by atoms with Gasteiger partial charge in [-0.3, -0.25) is 0 Å². The Kier molecular flexibility index (Phi) is 5.91. The van der Waals surface area contributed by atoms with Crippen molar-refractivity contribution < 1.29 is 0 Å². The van der Waals surface area contributed by atoms with Crippen LogP contribution in [0.2, 0.25) is 0 Å². The largest absolute Gasteiger partial charge is 0.309 e. The number of nitrogens with zero attached hydrogens (tertiary/aromatic N) is 2. The molecule has 0 bridgehead atoms. The minimum Gasteiger partial charge on any atom is -0.309 e. The van der Waals surface area contributed by atoms with Crippen molar-refractivity contribution >= 4 is 49.6 Å². The Labute approximate surface area is 279 Å². The van der Waals surface area contributed by atoms with Gasteiger partial charge in [-0.05, 0) is 87.6 Å². The molecule has 2 heterocycles. The number of aromatic nitrogens is 1. The number of fused-ring (bicyclic) bond motifs is 10. The van der Waals surface area contributed by atoms with Gasteiger partial charge in [-0.25, -0.2) is 0 Å². The molecule has 1 aliphatic rings. The molecule has 48 heavy (non-hydrogen) atoms. The SMILES string of the molecule is c1ccc(N2c3ccccc3-c3ccccc3-c3cc(-c4ccc(-n5c6ccccc6c6c7ccccc7ccc65)cc4)ccc32)cc1. The number of hydrogen-bond donors (Lipinski definition) is 0. The molecule has 1 aromatic heterocycles. The molecule has 0 atom stereocenters. The number of para-hydroxylation sites is 3. The zero-order chi connectivity index (χ0) is 31.6. The maximum Gasteiger partial charge on any atom is 0.0547 e. The predicted molar refractivity (Wildman–Crippen MR) is 203 cm³/mol. The summed E-state index contributed by atoms with van der Waals surface area (Å²) in [6, 6.07) is 66.3. The fourth-order valence-corrected chi connectivity index (χ4v) is 7.78. The number of anilines is 3. The van der Waals surface area contributed by atoms with Gasteiger partial charge in [-0.2, -0.15) is 0 Å². The quantitative estimate of drug-likeness (QED) is 0.193. The normalized spacial score (nSPS) is 12.1. The Hall–Kier alpha value is -6.38. The molecule has 2 nitrogen and oxygen atoms in total. The van der Waals surface area contributed by atoms with Gasteiger partial charge in [-0.1, -0.05) is 127 Å². The summed E-state index contributed by atoms with van der Waals surface area (Å²) < 4.78 is 2.41. The van der Waals surface area contributed by atoms with Crippen molar-refractivity contribution in [2.75, 3.05) is 4.90 Å². The van der Waals surface area contributed by atoms with Crippen LogP contribution in [-0.2, 0) is 0 Å². The summed E-state index contributed by atoms with van der Waals surface area (Å²) in [7, 11) is 0. The highest BCUT2D eigenvalue weighted by Crippen LogP contribution is 2.51. The summed E-state index contributed by atoms with van der Waals surface area (Å²) in [6.45, 7) is 0. The molecule has 0 unspecified atom stereocenters. The molecule has 0 saturated heterocycles. The average molecular weight is 611 g/mol.